The van der Waals surface area contributed by atoms with Crippen molar-refractivity contribution in [2.45, 2.75) is 6.42 Å². The van der Waals surface area contributed by atoms with Crippen LogP contribution in [0, 0.1) is 20.0 Å². The Kier molecular flexibility index (Phi) is 22.8. The van der Waals surface area contributed by atoms with Crippen LogP contribution in [0.2, 0.25) is 0 Å². The Hall–Kier alpha value is -1.81. The summed E-state index contributed by atoms with van der Waals surface area (Å²) in [5.41, 5.74) is 2.74. The molecular formula is C16H12CrO3. The van der Waals surface area contributed by atoms with Crippen LogP contribution in [0.25, 0.3) is 0 Å². The van der Waals surface area contributed by atoms with Crippen LogP contribution in [0.1, 0.15) is 11.1 Å². The third-order valence-corrected chi connectivity index (χ3v) is 2.09. The number of hydrogen-bond acceptors (Lipinski definition) is 0. The minimum absolute atomic E-state index is 0. The average molecular weight is 304 g/mol. The maximum atomic E-state index is 7.50. The van der Waals surface area contributed by atoms with E-state index in [9.17, 15) is 0 Å². The van der Waals surface area contributed by atoms with Crippen LogP contribution in [0.4, 0.5) is 0 Å². The van der Waals surface area contributed by atoms with E-state index in [-0.39, 0.29) is 17.4 Å². The maximum absolute atomic E-state index is 7.50. The third kappa shape index (κ3) is 11.3. The molecule has 0 N–H and O–H groups in total. The molecule has 3 nitrogen and oxygen atoms in total. The van der Waals surface area contributed by atoms with Crippen molar-refractivity contribution < 1.29 is 31.3 Å². The standard InChI is InChI=1S/C13H12.3CO.Cr/c1-3-7-12(8-4-1)11-13-9-5-2-6-10-13;3*1-2;/h1-10H,11H2;;;;. The summed E-state index contributed by atoms with van der Waals surface area (Å²) in [5.74, 6) is 0. The van der Waals surface area contributed by atoms with Gasteiger partial charge in [0.15, 0.2) is 0 Å². The normalized spacial score (nSPS) is 6.70. The molecule has 0 aliphatic rings. The second kappa shape index (κ2) is 19.5. The summed E-state index contributed by atoms with van der Waals surface area (Å²) < 4.78 is 22.5. The van der Waals surface area contributed by atoms with Gasteiger partial charge in [-0.05, 0) is 17.5 Å². The van der Waals surface area contributed by atoms with E-state index in [1.54, 1.807) is 0 Å². The van der Waals surface area contributed by atoms with Gasteiger partial charge in [0.25, 0.3) is 0 Å². The van der Waals surface area contributed by atoms with Gasteiger partial charge in [-0.1, -0.05) is 60.7 Å². The predicted octanol–water partition coefficient (Wildman–Crippen LogP) is 3.16. The topological polar surface area (TPSA) is 59.7 Å². The molecule has 100 valence electrons. The summed E-state index contributed by atoms with van der Waals surface area (Å²) in [4.78, 5) is 0. The molecule has 2 aromatic rings. The van der Waals surface area contributed by atoms with E-state index >= 15 is 0 Å². The van der Waals surface area contributed by atoms with Crippen LogP contribution in [-0.2, 0) is 37.7 Å². The Morgan fingerprint density at radius 2 is 0.800 bits per heavy atom. The third-order valence-electron chi connectivity index (χ3n) is 2.09. The second-order valence-corrected chi connectivity index (χ2v) is 3.15. The monoisotopic (exact) mass is 304 g/mol. The molecule has 0 unspecified atom stereocenters. The molecule has 0 heterocycles. The van der Waals surface area contributed by atoms with Crippen LogP contribution in [-0.4, -0.2) is 0 Å². The summed E-state index contributed by atoms with van der Waals surface area (Å²) in [7, 11) is 0. The molecule has 0 spiro atoms. The Morgan fingerprint density at radius 3 is 1.05 bits per heavy atom. The number of rotatable bonds is 2. The van der Waals surface area contributed by atoms with Crippen LogP contribution in [0.5, 0.6) is 0 Å². The Labute approximate surface area is 129 Å². The summed E-state index contributed by atoms with van der Waals surface area (Å²) in [6.45, 7) is 13.5. The van der Waals surface area contributed by atoms with E-state index in [1.165, 1.54) is 11.1 Å². The van der Waals surface area contributed by atoms with E-state index in [0.717, 1.165) is 6.42 Å². The summed E-state index contributed by atoms with van der Waals surface area (Å²) in [5, 5.41) is 0. The zero-order chi connectivity index (χ0) is 14.9. The van der Waals surface area contributed by atoms with Gasteiger partial charge in [0.05, 0.1) is 0 Å². The molecule has 2 aromatic carbocycles. The minimum atomic E-state index is 0. The quantitative estimate of drug-likeness (QED) is 0.604. The van der Waals surface area contributed by atoms with Gasteiger partial charge in [0.2, 0.25) is 0 Å². The molecule has 0 radical (unpaired) electrons. The van der Waals surface area contributed by atoms with Gasteiger partial charge < -0.3 is 0 Å². The van der Waals surface area contributed by atoms with Gasteiger partial charge in [-0.15, -0.1) is 0 Å². The SMILES string of the molecule is [C-]#[O+].[C-]#[O+].[C-]#[O+].[Cr].c1ccc(Cc2ccccc2)cc1. The van der Waals surface area contributed by atoms with Crippen LogP contribution in [0.15, 0.2) is 60.7 Å². The largest absolute Gasteiger partial charge is 0.0622 e. The first kappa shape index (κ1) is 23.3. The molecular weight excluding hydrogens is 292 g/mol. The Bertz CT molecular complexity index is 424. The van der Waals surface area contributed by atoms with Crippen molar-refractivity contribution in [3.8, 4) is 0 Å². The number of hydrogen-bond donors (Lipinski definition) is 0. The van der Waals surface area contributed by atoms with E-state index < -0.39 is 0 Å². The van der Waals surface area contributed by atoms with Crippen molar-refractivity contribution in [1.82, 2.24) is 0 Å². The molecule has 20 heavy (non-hydrogen) atoms. The van der Waals surface area contributed by atoms with Gasteiger partial charge in [0, 0.05) is 17.4 Å². The molecule has 0 bridgehead atoms. The van der Waals surface area contributed by atoms with E-state index in [0.29, 0.717) is 0 Å². The molecule has 0 amide bonds. The summed E-state index contributed by atoms with van der Waals surface area (Å²) in [6.07, 6.45) is 1.03. The molecule has 0 atom stereocenters. The second-order valence-electron chi connectivity index (χ2n) is 3.15. The first-order chi connectivity index (χ1) is 9.45. The first-order valence-corrected chi connectivity index (χ1v) is 5.14. The molecule has 0 aliphatic heterocycles. The Morgan fingerprint density at radius 1 is 0.550 bits per heavy atom. The molecule has 0 saturated carbocycles. The van der Waals surface area contributed by atoms with Gasteiger partial charge in [-0.3, -0.25) is 0 Å². The van der Waals surface area contributed by atoms with Gasteiger partial charge >= 0.3 is 33.9 Å². The van der Waals surface area contributed by atoms with Crippen LogP contribution < -0.4 is 0 Å². The van der Waals surface area contributed by atoms with E-state index in [4.69, 9.17) is 14.0 Å². The molecule has 4 heteroatoms. The van der Waals surface area contributed by atoms with Crippen molar-refractivity contribution in [2.24, 2.45) is 0 Å². The van der Waals surface area contributed by atoms with Crippen LogP contribution in [0.3, 0.4) is 0 Å². The molecule has 2 rings (SSSR count). The average Bonchev–Trinajstić information content (AvgIpc) is 2.55. The van der Waals surface area contributed by atoms with Crippen molar-refractivity contribution in [1.29, 1.82) is 0 Å². The summed E-state index contributed by atoms with van der Waals surface area (Å²) in [6, 6.07) is 21.1. The first-order valence-electron chi connectivity index (χ1n) is 5.14. The Balaban J connectivity index is -0.000000368. The van der Waals surface area contributed by atoms with E-state index in [2.05, 4.69) is 80.6 Å². The fourth-order valence-electron chi connectivity index (χ4n) is 1.43. The zero-order valence-electron chi connectivity index (χ0n) is 10.6. The van der Waals surface area contributed by atoms with Crippen molar-refractivity contribution in [3.05, 3.63) is 91.7 Å². The van der Waals surface area contributed by atoms with Gasteiger partial charge in [0.1, 0.15) is 0 Å². The molecule has 0 aromatic heterocycles. The minimum Gasteiger partial charge on any atom is -0.0622 e. The van der Waals surface area contributed by atoms with Crippen LogP contribution >= 0.6 is 0 Å². The number of benzene rings is 2. The maximum Gasteiger partial charge on any atom is 0 e. The van der Waals surface area contributed by atoms with Gasteiger partial charge in [-0.2, -0.15) is 0 Å². The molecule has 0 aliphatic carbocycles. The molecule has 0 fully saturated rings. The zero-order valence-corrected chi connectivity index (χ0v) is 11.9. The molecule has 0 saturated heterocycles. The van der Waals surface area contributed by atoms with Crippen molar-refractivity contribution >= 4 is 0 Å². The van der Waals surface area contributed by atoms with Crippen molar-refractivity contribution in [2.75, 3.05) is 0 Å². The summed E-state index contributed by atoms with van der Waals surface area (Å²) >= 11 is 0. The van der Waals surface area contributed by atoms with Crippen molar-refractivity contribution in [3.63, 3.8) is 0 Å². The smallest absolute Gasteiger partial charge is 0 e. The predicted molar refractivity (Wildman–Crippen MR) is 67.5 cm³/mol. The van der Waals surface area contributed by atoms with Gasteiger partial charge in [-0.25, -0.2) is 0 Å². The fraction of sp³-hybridized carbons (Fsp3) is 0.0625. The fourth-order valence-corrected chi connectivity index (χ4v) is 1.43. The van der Waals surface area contributed by atoms with E-state index in [1.807, 2.05) is 0 Å².